The first-order valence-corrected chi connectivity index (χ1v) is 6.55. The fraction of sp³-hybridized carbons (Fsp3) is 0.167. The lowest BCUT2D eigenvalue weighted by atomic mass is 10.1. The molecule has 0 unspecified atom stereocenters. The topological polar surface area (TPSA) is 65.1 Å². The number of aromatic nitrogens is 5. The molecule has 96 valence electrons. The lowest BCUT2D eigenvalue weighted by Crippen LogP contribution is -2.11. The second kappa shape index (κ2) is 4.58. The van der Waals surface area contributed by atoms with E-state index in [0.29, 0.717) is 27.8 Å². The van der Waals surface area contributed by atoms with Crippen molar-refractivity contribution >= 4 is 27.2 Å². The fourth-order valence-electron chi connectivity index (χ4n) is 1.96. The Bertz CT molecular complexity index is 760. The van der Waals surface area contributed by atoms with Crippen LogP contribution in [-0.4, -0.2) is 30.2 Å². The highest BCUT2D eigenvalue weighted by Gasteiger charge is 2.21. The Morgan fingerprint density at radius 2 is 2.16 bits per heavy atom. The molecule has 3 rings (SSSR count). The van der Waals surface area contributed by atoms with E-state index in [1.54, 1.807) is 40.2 Å². The van der Waals surface area contributed by atoms with E-state index in [0.717, 1.165) is 0 Å². The molecule has 3 aromatic rings. The summed E-state index contributed by atoms with van der Waals surface area (Å²) in [6.07, 6.45) is 8.14. The Balaban J connectivity index is 2.16. The number of carbonyl (C=O) groups excluding carboxylic acids is 1. The zero-order chi connectivity index (χ0) is 13.4. The maximum absolute atomic E-state index is 12.6. The van der Waals surface area contributed by atoms with Crippen molar-refractivity contribution in [3.05, 3.63) is 46.7 Å². The molecule has 0 saturated heterocycles. The molecule has 3 aromatic heterocycles. The van der Waals surface area contributed by atoms with Crippen molar-refractivity contribution in [2.24, 2.45) is 0 Å². The minimum atomic E-state index is -0.116. The molecule has 6 nitrogen and oxygen atoms in total. The van der Waals surface area contributed by atoms with E-state index in [1.807, 2.05) is 6.92 Å². The van der Waals surface area contributed by atoms with Gasteiger partial charge in [0.15, 0.2) is 0 Å². The van der Waals surface area contributed by atoms with Crippen molar-refractivity contribution in [1.29, 1.82) is 0 Å². The molecule has 0 aromatic carbocycles. The SMILES string of the molecule is CCn1ncc(Br)c1C(=O)c1cnn2ccncc12. The van der Waals surface area contributed by atoms with Gasteiger partial charge in [-0.05, 0) is 22.9 Å². The molecule has 0 aliphatic rings. The predicted octanol–water partition coefficient (Wildman–Crippen LogP) is 1.94. The standard InChI is InChI=1S/C12H10BrN5O/c1-2-17-11(9(13)6-16-17)12(19)8-5-15-18-4-3-14-7-10(8)18/h3-7H,2H2,1H3. The molecule has 0 bridgehead atoms. The van der Waals surface area contributed by atoms with Crippen LogP contribution in [0.4, 0.5) is 0 Å². The van der Waals surface area contributed by atoms with Gasteiger partial charge >= 0.3 is 0 Å². The van der Waals surface area contributed by atoms with Gasteiger partial charge in [0.1, 0.15) is 5.69 Å². The van der Waals surface area contributed by atoms with E-state index < -0.39 is 0 Å². The highest BCUT2D eigenvalue weighted by atomic mass is 79.9. The summed E-state index contributed by atoms with van der Waals surface area (Å²) in [5, 5.41) is 8.30. The minimum Gasteiger partial charge on any atom is -0.287 e. The third kappa shape index (κ3) is 1.86. The fourth-order valence-corrected chi connectivity index (χ4v) is 2.44. The van der Waals surface area contributed by atoms with Gasteiger partial charge in [0.2, 0.25) is 5.78 Å². The number of halogens is 1. The molecule has 0 fully saturated rings. The summed E-state index contributed by atoms with van der Waals surface area (Å²) in [5.74, 6) is -0.116. The second-order valence-corrected chi connectivity index (χ2v) is 4.80. The Labute approximate surface area is 117 Å². The smallest absolute Gasteiger partial charge is 0.216 e. The maximum atomic E-state index is 12.6. The number of hydrogen-bond acceptors (Lipinski definition) is 4. The first-order chi connectivity index (χ1) is 9.22. The summed E-state index contributed by atoms with van der Waals surface area (Å²) in [5.41, 5.74) is 1.73. The van der Waals surface area contributed by atoms with E-state index in [-0.39, 0.29) is 5.78 Å². The van der Waals surface area contributed by atoms with Crippen LogP contribution < -0.4 is 0 Å². The van der Waals surface area contributed by atoms with Gasteiger partial charge in [-0.25, -0.2) is 4.52 Å². The second-order valence-electron chi connectivity index (χ2n) is 3.95. The summed E-state index contributed by atoms with van der Waals surface area (Å²) in [7, 11) is 0. The minimum absolute atomic E-state index is 0.116. The number of carbonyl (C=O) groups is 1. The van der Waals surface area contributed by atoms with E-state index >= 15 is 0 Å². The van der Waals surface area contributed by atoms with Gasteiger partial charge in [-0.15, -0.1) is 0 Å². The highest BCUT2D eigenvalue weighted by molar-refractivity contribution is 9.10. The van der Waals surface area contributed by atoms with Crippen molar-refractivity contribution in [2.45, 2.75) is 13.5 Å². The first kappa shape index (κ1) is 12.0. The number of ketones is 1. The van der Waals surface area contributed by atoms with Crippen molar-refractivity contribution in [3.63, 3.8) is 0 Å². The number of rotatable bonds is 3. The van der Waals surface area contributed by atoms with E-state index in [9.17, 15) is 4.79 Å². The molecule has 7 heteroatoms. The summed E-state index contributed by atoms with van der Waals surface area (Å²) in [6, 6.07) is 0. The number of nitrogens with zero attached hydrogens (tertiary/aromatic N) is 5. The monoisotopic (exact) mass is 319 g/mol. The first-order valence-electron chi connectivity index (χ1n) is 5.75. The van der Waals surface area contributed by atoms with Gasteiger partial charge in [-0.2, -0.15) is 10.2 Å². The van der Waals surface area contributed by atoms with Gasteiger partial charge in [0.05, 0.1) is 34.1 Å². The van der Waals surface area contributed by atoms with E-state index in [1.165, 1.54) is 0 Å². The Morgan fingerprint density at radius 1 is 1.32 bits per heavy atom. The molecule has 3 heterocycles. The zero-order valence-electron chi connectivity index (χ0n) is 10.1. The van der Waals surface area contributed by atoms with Gasteiger partial charge in [0.25, 0.3) is 0 Å². The lowest BCUT2D eigenvalue weighted by molar-refractivity contribution is 0.103. The average Bonchev–Trinajstić information content (AvgIpc) is 3.01. The molecule has 0 aliphatic carbocycles. The third-order valence-corrected chi connectivity index (χ3v) is 3.46. The third-order valence-electron chi connectivity index (χ3n) is 2.88. The van der Waals surface area contributed by atoms with Crippen LogP contribution in [0.2, 0.25) is 0 Å². The summed E-state index contributed by atoms with van der Waals surface area (Å²) >= 11 is 3.36. The molecule has 0 amide bonds. The molecule has 19 heavy (non-hydrogen) atoms. The van der Waals surface area contributed by atoms with Gasteiger partial charge < -0.3 is 0 Å². The summed E-state index contributed by atoms with van der Waals surface area (Å²) in [4.78, 5) is 16.6. The average molecular weight is 320 g/mol. The molecule has 0 N–H and O–H groups in total. The van der Waals surface area contributed by atoms with Crippen molar-refractivity contribution in [2.75, 3.05) is 0 Å². The van der Waals surface area contributed by atoms with Gasteiger partial charge in [-0.3, -0.25) is 14.5 Å². The Kier molecular flexibility index (Phi) is 2.90. The highest BCUT2D eigenvalue weighted by Crippen LogP contribution is 2.21. The number of aryl methyl sites for hydroxylation is 1. The molecule has 0 atom stereocenters. The largest absolute Gasteiger partial charge is 0.287 e. The summed E-state index contributed by atoms with van der Waals surface area (Å²) in [6.45, 7) is 2.57. The normalized spacial score (nSPS) is 11.1. The van der Waals surface area contributed by atoms with Crippen LogP contribution in [-0.2, 0) is 6.54 Å². The van der Waals surface area contributed by atoms with E-state index in [2.05, 4.69) is 31.1 Å². The van der Waals surface area contributed by atoms with Crippen molar-refractivity contribution in [1.82, 2.24) is 24.4 Å². The zero-order valence-corrected chi connectivity index (χ0v) is 11.7. The Morgan fingerprint density at radius 3 is 2.95 bits per heavy atom. The summed E-state index contributed by atoms with van der Waals surface area (Å²) < 4.78 is 3.97. The molecule has 0 radical (unpaired) electrons. The van der Waals surface area contributed by atoms with Gasteiger partial charge in [0, 0.05) is 18.9 Å². The van der Waals surface area contributed by atoms with Crippen LogP contribution in [0.1, 0.15) is 23.0 Å². The maximum Gasteiger partial charge on any atom is 0.216 e. The van der Waals surface area contributed by atoms with E-state index in [4.69, 9.17) is 0 Å². The van der Waals surface area contributed by atoms with Crippen molar-refractivity contribution in [3.8, 4) is 0 Å². The van der Waals surface area contributed by atoms with Crippen molar-refractivity contribution < 1.29 is 4.79 Å². The van der Waals surface area contributed by atoms with Crippen LogP contribution in [0.5, 0.6) is 0 Å². The van der Waals surface area contributed by atoms with Crippen LogP contribution >= 0.6 is 15.9 Å². The lowest BCUT2D eigenvalue weighted by Gasteiger charge is -2.03. The molecule has 0 spiro atoms. The van der Waals surface area contributed by atoms with Crippen LogP contribution in [0.3, 0.4) is 0 Å². The quantitative estimate of drug-likeness (QED) is 0.692. The molecular formula is C12H10BrN5O. The molecule has 0 saturated carbocycles. The van der Waals surface area contributed by atoms with Gasteiger partial charge in [-0.1, -0.05) is 0 Å². The van der Waals surface area contributed by atoms with Crippen LogP contribution in [0, 0.1) is 0 Å². The molecule has 0 aliphatic heterocycles. The Hall–Kier alpha value is -2.02. The number of fused-ring (bicyclic) bond motifs is 1. The molecular weight excluding hydrogens is 310 g/mol. The predicted molar refractivity (Wildman–Crippen MR) is 72.0 cm³/mol. The van der Waals surface area contributed by atoms with Crippen LogP contribution in [0.25, 0.3) is 5.52 Å². The van der Waals surface area contributed by atoms with Crippen LogP contribution in [0.15, 0.2) is 35.5 Å². The number of hydrogen-bond donors (Lipinski definition) is 0.